The molecule has 0 bridgehead atoms. The maximum atomic E-state index is 12.4. The fraction of sp³-hybridized carbons (Fsp3) is 0.0952. The molecule has 2 aromatic carbocycles. The smallest absolute Gasteiger partial charge is 0.269 e. The lowest BCUT2D eigenvalue weighted by Crippen LogP contribution is -2.14. The Morgan fingerprint density at radius 3 is 2.97 bits per heavy atom. The second-order valence-corrected chi connectivity index (χ2v) is 9.67. The molecule has 5 rings (SSSR count). The molecule has 0 unspecified atom stereocenters. The average molecular weight is 512 g/mol. The summed E-state index contributed by atoms with van der Waals surface area (Å²) in [6.45, 7) is 0. The number of rotatable bonds is 7. The minimum absolute atomic E-state index is 0.0405. The SMILES string of the molecule is O=C(CSc1nnc2c(n1)[nH]c1ccc(Cl)cc12)Nc1ncc(Cc2cccc([N+](=O)[O-])c2)s1. The highest BCUT2D eigenvalue weighted by Crippen LogP contribution is 2.27. The number of H-pyrrole nitrogens is 1. The third kappa shape index (κ3) is 4.83. The average Bonchev–Trinajstić information content (AvgIpc) is 3.41. The topological polar surface area (TPSA) is 140 Å². The molecule has 0 radical (unpaired) electrons. The molecular formula is C21H14ClN7O3S2. The minimum atomic E-state index is -0.426. The third-order valence-electron chi connectivity index (χ3n) is 4.79. The first-order valence-electron chi connectivity index (χ1n) is 9.87. The number of carbonyl (C=O) groups is 1. The van der Waals surface area contributed by atoms with Crippen molar-refractivity contribution < 1.29 is 9.72 Å². The van der Waals surface area contributed by atoms with Crippen LogP contribution in [0.5, 0.6) is 0 Å². The summed E-state index contributed by atoms with van der Waals surface area (Å²) in [6, 6.07) is 11.9. The van der Waals surface area contributed by atoms with E-state index in [0.717, 1.165) is 33.1 Å². The van der Waals surface area contributed by atoms with E-state index in [1.807, 2.05) is 12.1 Å². The molecule has 5 aromatic rings. The number of nitro benzene ring substituents is 1. The van der Waals surface area contributed by atoms with Gasteiger partial charge in [-0.3, -0.25) is 14.9 Å². The van der Waals surface area contributed by atoms with Crippen LogP contribution in [0.25, 0.3) is 22.1 Å². The normalized spacial score (nSPS) is 11.2. The molecule has 0 saturated carbocycles. The Morgan fingerprint density at radius 1 is 1.24 bits per heavy atom. The van der Waals surface area contributed by atoms with Gasteiger partial charge in [-0.2, -0.15) is 0 Å². The number of aromatic nitrogens is 5. The Balaban J connectivity index is 1.20. The lowest BCUT2D eigenvalue weighted by molar-refractivity contribution is -0.384. The lowest BCUT2D eigenvalue weighted by atomic mass is 10.1. The van der Waals surface area contributed by atoms with E-state index in [-0.39, 0.29) is 17.3 Å². The first kappa shape index (κ1) is 22.2. The zero-order valence-electron chi connectivity index (χ0n) is 17.2. The van der Waals surface area contributed by atoms with E-state index in [1.54, 1.807) is 24.4 Å². The van der Waals surface area contributed by atoms with Crippen LogP contribution in [-0.4, -0.2) is 41.7 Å². The molecule has 0 atom stereocenters. The maximum absolute atomic E-state index is 12.4. The van der Waals surface area contributed by atoms with Crippen LogP contribution >= 0.6 is 34.7 Å². The fourth-order valence-electron chi connectivity index (χ4n) is 3.30. The number of hydrogen-bond donors (Lipinski definition) is 2. The van der Waals surface area contributed by atoms with E-state index in [1.165, 1.54) is 23.5 Å². The number of non-ortho nitro benzene ring substituents is 1. The number of aromatic amines is 1. The third-order valence-corrected chi connectivity index (χ3v) is 6.77. The maximum Gasteiger partial charge on any atom is 0.269 e. The molecule has 0 saturated heterocycles. The number of nitrogens with zero attached hydrogens (tertiary/aromatic N) is 5. The number of halogens is 1. The predicted octanol–water partition coefficient (Wildman–Crippen LogP) is 4.85. The standard InChI is InChI=1S/C21H14ClN7O3S2/c22-12-4-5-16-15(8-12)18-19(24-16)26-21(28-27-18)33-10-17(30)25-20-23-9-14(34-20)7-11-2-1-3-13(6-11)29(31)32/h1-6,8-9H,7,10H2,(H,23,25,30)(H,24,26,28). The molecule has 3 heterocycles. The van der Waals surface area contributed by atoms with Gasteiger partial charge in [-0.15, -0.1) is 21.5 Å². The van der Waals surface area contributed by atoms with Crippen LogP contribution in [-0.2, 0) is 11.2 Å². The summed E-state index contributed by atoms with van der Waals surface area (Å²) < 4.78 is 0. The van der Waals surface area contributed by atoms with Gasteiger partial charge < -0.3 is 10.3 Å². The highest BCUT2D eigenvalue weighted by Gasteiger charge is 2.13. The molecule has 34 heavy (non-hydrogen) atoms. The molecule has 3 aromatic heterocycles. The summed E-state index contributed by atoms with van der Waals surface area (Å²) >= 11 is 8.53. The number of anilines is 1. The van der Waals surface area contributed by atoms with E-state index in [9.17, 15) is 14.9 Å². The first-order valence-corrected chi connectivity index (χ1v) is 12.0. The number of nitrogens with one attached hydrogen (secondary N) is 2. The van der Waals surface area contributed by atoms with Gasteiger partial charge in [0.05, 0.1) is 10.7 Å². The molecule has 0 aliphatic heterocycles. The largest absolute Gasteiger partial charge is 0.338 e. The van der Waals surface area contributed by atoms with Crippen LogP contribution < -0.4 is 5.32 Å². The van der Waals surface area contributed by atoms with Crippen LogP contribution in [0, 0.1) is 10.1 Å². The highest BCUT2D eigenvalue weighted by molar-refractivity contribution is 7.99. The Kier molecular flexibility index (Phi) is 6.09. The number of nitro groups is 1. The number of thioether (sulfide) groups is 1. The van der Waals surface area contributed by atoms with Crippen molar-refractivity contribution in [2.24, 2.45) is 0 Å². The summed E-state index contributed by atoms with van der Waals surface area (Å²) in [5.74, 6) is -0.174. The van der Waals surface area contributed by atoms with Crippen LogP contribution in [0.4, 0.5) is 10.8 Å². The number of thiazole rings is 1. The molecule has 0 aliphatic rings. The van der Waals surface area contributed by atoms with Crippen molar-refractivity contribution in [2.75, 3.05) is 11.1 Å². The summed E-state index contributed by atoms with van der Waals surface area (Å²) in [6.07, 6.45) is 2.13. The van der Waals surface area contributed by atoms with Gasteiger partial charge in [-0.1, -0.05) is 35.5 Å². The Morgan fingerprint density at radius 2 is 2.12 bits per heavy atom. The molecule has 2 N–H and O–H groups in total. The van der Waals surface area contributed by atoms with E-state index < -0.39 is 4.92 Å². The summed E-state index contributed by atoms with van der Waals surface area (Å²) in [4.78, 5) is 35.6. The van der Waals surface area contributed by atoms with Gasteiger partial charge >= 0.3 is 0 Å². The number of fused-ring (bicyclic) bond motifs is 3. The van der Waals surface area contributed by atoms with Crippen molar-refractivity contribution in [2.45, 2.75) is 11.6 Å². The molecule has 0 aliphatic carbocycles. The van der Waals surface area contributed by atoms with Gasteiger partial charge in [0.25, 0.3) is 5.69 Å². The van der Waals surface area contributed by atoms with Crippen LogP contribution in [0.3, 0.4) is 0 Å². The van der Waals surface area contributed by atoms with Gasteiger partial charge in [0.1, 0.15) is 5.52 Å². The molecule has 10 nitrogen and oxygen atoms in total. The van der Waals surface area contributed by atoms with Crippen molar-refractivity contribution in [1.29, 1.82) is 0 Å². The number of carbonyl (C=O) groups excluding carboxylic acids is 1. The zero-order valence-corrected chi connectivity index (χ0v) is 19.6. The number of amides is 1. The highest BCUT2D eigenvalue weighted by atomic mass is 35.5. The van der Waals surface area contributed by atoms with Crippen molar-refractivity contribution in [3.05, 3.63) is 74.2 Å². The van der Waals surface area contributed by atoms with Gasteiger partial charge in [0.2, 0.25) is 11.1 Å². The Hall–Kier alpha value is -3.61. The Labute approximate surface area is 204 Å². The quantitative estimate of drug-likeness (QED) is 0.179. The van der Waals surface area contributed by atoms with E-state index in [0.29, 0.717) is 32.9 Å². The van der Waals surface area contributed by atoms with Crippen LogP contribution in [0.1, 0.15) is 10.4 Å². The van der Waals surface area contributed by atoms with E-state index in [2.05, 4.69) is 30.5 Å². The monoisotopic (exact) mass is 511 g/mol. The van der Waals surface area contributed by atoms with Gasteiger partial charge in [0.15, 0.2) is 10.8 Å². The van der Waals surface area contributed by atoms with E-state index >= 15 is 0 Å². The molecule has 0 fully saturated rings. The molecule has 13 heteroatoms. The van der Waals surface area contributed by atoms with Crippen molar-refractivity contribution in [3.8, 4) is 0 Å². The summed E-state index contributed by atoms with van der Waals surface area (Å²) in [5, 5.41) is 24.3. The predicted molar refractivity (Wildman–Crippen MR) is 132 cm³/mol. The van der Waals surface area contributed by atoms with Gasteiger partial charge in [0, 0.05) is 45.6 Å². The number of hydrogen-bond acceptors (Lipinski definition) is 9. The molecule has 170 valence electrons. The van der Waals surface area contributed by atoms with Crippen LogP contribution in [0.15, 0.2) is 53.8 Å². The molecule has 0 spiro atoms. The zero-order chi connectivity index (χ0) is 23.7. The summed E-state index contributed by atoms with van der Waals surface area (Å²) in [7, 11) is 0. The molecular weight excluding hydrogens is 498 g/mol. The first-order chi connectivity index (χ1) is 16.4. The summed E-state index contributed by atoms with van der Waals surface area (Å²) in [5.41, 5.74) is 2.88. The fourth-order valence-corrected chi connectivity index (χ4v) is 4.93. The Bertz CT molecular complexity index is 1550. The number of benzene rings is 2. The molecule has 1 amide bonds. The van der Waals surface area contributed by atoms with Crippen molar-refractivity contribution in [1.82, 2.24) is 25.1 Å². The van der Waals surface area contributed by atoms with E-state index in [4.69, 9.17) is 11.6 Å². The lowest BCUT2D eigenvalue weighted by Gasteiger charge is -2.01. The minimum Gasteiger partial charge on any atom is -0.338 e. The second kappa shape index (κ2) is 9.33. The second-order valence-electron chi connectivity index (χ2n) is 7.18. The van der Waals surface area contributed by atoms with Gasteiger partial charge in [-0.25, -0.2) is 9.97 Å². The van der Waals surface area contributed by atoms with Crippen molar-refractivity contribution >= 4 is 73.5 Å². The van der Waals surface area contributed by atoms with Crippen LogP contribution in [0.2, 0.25) is 5.02 Å². The van der Waals surface area contributed by atoms with Crippen molar-refractivity contribution in [3.63, 3.8) is 0 Å². The van der Waals surface area contributed by atoms with Gasteiger partial charge in [-0.05, 0) is 23.8 Å².